The molecule has 7 N–H and O–H groups in total. The Kier molecular flexibility index (Phi) is 3.96. The lowest BCUT2D eigenvalue weighted by Crippen LogP contribution is -2.50. The largest absolute Gasteiger partial charge is 0.392 e. The normalized spacial score (nSPS) is 33.7. The number of aliphatic imine (C=N–C) groups is 1. The summed E-state index contributed by atoms with van der Waals surface area (Å²) in [6.07, 6.45) is 5.13. The van der Waals surface area contributed by atoms with Crippen LogP contribution in [0.1, 0.15) is 36.0 Å². The fourth-order valence-corrected chi connectivity index (χ4v) is 4.14. The van der Waals surface area contributed by atoms with Crippen molar-refractivity contribution in [2.45, 2.75) is 50.0 Å². The number of fused-ring (bicyclic) bond motifs is 1. The third-order valence-corrected chi connectivity index (χ3v) is 5.53. The molecule has 130 valence electrons. The Morgan fingerprint density at radius 2 is 2.00 bits per heavy atom. The van der Waals surface area contributed by atoms with Crippen LogP contribution in [0.2, 0.25) is 0 Å². The summed E-state index contributed by atoms with van der Waals surface area (Å²) in [5.41, 5.74) is 21.4. The minimum atomic E-state index is -0.996. The first-order valence-electron chi connectivity index (χ1n) is 8.75. The third-order valence-electron chi connectivity index (χ3n) is 5.53. The van der Waals surface area contributed by atoms with Crippen molar-refractivity contribution < 1.29 is 5.11 Å². The number of benzene rings is 1. The summed E-state index contributed by atoms with van der Waals surface area (Å²) < 4.78 is 0. The number of hydrogen-bond acceptors (Lipinski definition) is 7. The van der Waals surface area contributed by atoms with Gasteiger partial charge in [0, 0.05) is 24.7 Å². The Hall–Kier alpha value is -1.67. The number of likely N-dealkylation sites (tertiary alicyclic amines) is 1. The van der Waals surface area contributed by atoms with Gasteiger partial charge >= 0.3 is 0 Å². The van der Waals surface area contributed by atoms with Gasteiger partial charge in [0.05, 0.1) is 6.10 Å². The molecule has 1 aromatic carbocycles. The average Bonchev–Trinajstić information content (AvgIpc) is 3.07. The molecule has 3 aliphatic rings. The number of aliphatic hydroxyl groups is 1. The van der Waals surface area contributed by atoms with E-state index >= 15 is 0 Å². The topological polar surface area (TPSA) is 112 Å². The zero-order valence-electron chi connectivity index (χ0n) is 13.8. The second-order valence-corrected chi connectivity index (χ2v) is 7.17. The molecule has 1 fully saturated rings. The number of nitrogens with zero attached hydrogens (tertiary/aromatic N) is 2. The summed E-state index contributed by atoms with van der Waals surface area (Å²) in [5.74, 6) is -0.691. The Morgan fingerprint density at radius 3 is 2.67 bits per heavy atom. The van der Waals surface area contributed by atoms with Crippen LogP contribution in [-0.2, 0) is 18.6 Å². The molecule has 0 aromatic heterocycles. The number of hydrazine groups is 1. The minimum Gasteiger partial charge on any atom is -0.392 e. The van der Waals surface area contributed by atoms with Gasteiger partial charge in [0.25, 0.3) is 0 Å². The van der Waals surface area contributed by atoms with Crippen molar-refractivity contribution in [3.63, 3.8) is 0 Å². The quantitative estimate of drug-likeness (QED) is 0.467. The summed E-state index contributed by atoms with van der Waals surface area (Å²) in [6, 6.07) is 6.93. The lowest BCUT2D eigenvalue weighted by molar-refractivity contribution is 0.153. The molecule has 0 radical (unpaired) electrons. The van der Waals surface area contributed by atoms with Crippen molar-refractivity contribution in [3.05, 3.63) is 34.9 Å². The van der Waals surface area contributed by atoms with Crippen molar-refractivity contribution >= 4 is 5.96 Å². The predicted molar refractivity (Wildman–Crippen MR) is 92.8 cm³/mol. The van der Waals surface area contributed by atoms with Crippen LogP contribution in [0.25, 0.3) is 0 Å². The molecular weight excluding hydrogens is 304 g/mol. The molecule has 3 atom stereocenters. The first kappa shape index (κ1) is 15.8. The molecule has 7 heteroatoms. The number of nitrogens with one attached hydrogen (secondary N) is 2. The van der Waals surface area contributed by atoms with Crippen molar-refractivity contribution in [1.29, 1.82) is 0 Å². The molecule has 4 rings (SSSR count). The van der Waals surface area contributed by atoms with Crippen LogP contribution in [0.4, 0.5) is 0 Å². The van der Waals surface area contributed by atoms with Crippen LogP contribution in [0, 0.1) is 0 Å². The van der Waals surface area contributed by atoms with Gasteiger partial charge < -0.3 is 10.8 Å². The molecule has 1 aromatic rings. The first-order chi connectivity index (χ1) is 11.5. The molecule has 2 heterocycles. The smallest absolute Gasteiger partial charge is 0.209 e. The van der Waals surface area contributed by atoms with E-state index in [9.17, 15) is 5.11 Å². The fourth-order valence-electron chi connectivity index (χ4n) is 4.14. The number of nitrogens with two attached hydrogens (primary N) is 2. The van der Waals surface area contributed by atoms with Gasteiger partial charge in [-0.05, 0) is 43.2 Å². The lowest BCUT2D eigenvalue weighted by Gasteiger charge is -2.26. The molecule has 7 nitrogen and oxygen atoms in total. The number of aryl methyl sites for hydroxylation is 2. The van der Waals surface area contributed by atoms with Crippen molar-refractivity contribution in [2.24, 2.45) is 16.5 Å². The van der Waals surface area contributed by atoms with Crippen molar-refractivity contribution in [3.8, 4) is 0 Å². The van der Waals surface area contributed by atoms with Gasteiger partial charge in [-0.1, -0.05) is 18.2 Å². The highest BCUT2D eigenvalue weighted by molar-refractivity contribution is 5.79. The van der Waals surface area contributed by atoms with Gasteiger partial charge in [-0.2, -0.15) is 5.43 Å². The molecule has 0 bridgehead atoms. The maximum atomic E-state index is 9.79. The van der Waals surface area contributed by atoms with E-state index in [0.717, 1.165) is 50.8 Å². The molecule has 24 heavy (non-hydrogen) atoms. The van der Waals surface area contributed by atoms with Crippen LogP contribution in [0.3, 0.4) is 0 Å². The second-order valence-electron chi connectivity index (χ2n) is 7.17. The summed E-state index contributed by atoms with van der Waals surface area (Å²) in [7, 11) is 0. The predicted octanol–water partition coefficient (Wildman–Crippen LogP) is -0.508. The number of β-amino-alcohol motifs (C(OH)–C–C–N with tert-alkyl or cyclic N) is 1. The van der Waals surface area contributed by atoms with Crippen molar-refractivity contribution in [2.75, 3.05) is 13.1 Å². The molecule has 1 saturated heterocycles. The van der Waals surface area contributed by atoms with Crippen LogP contribution in [-0.4, -0.2) is 41.2 Å². The standard InChI is InChI=1S/C17H26N6O/c18-16-20-17(19,22-21-16)13-4-1-11-2-5-14(6-3-12(11)9-13)23-8-7-15(24)10-23/h1,4,9,14-15,22,24H,2-3,5-8,10,19H2,(H3,18,20,21)/t14?,15-,17?/m1/s1. The Bertz CT molecular complexity index is 662. The first-order valence-corrected chi connectivity index (χ1v) is 8.75. The zero-order valence-corrected chi connectivity index (χ0v) is 13.8. The highest BCUT2D eigenvalue weighted by Gasteiger charge is 2.33. The molecule has 0 spiro atoms. The molecule has 1 aliphatic carbocycles. The van der Waals surface area contributed by atoms with Gasteiger partial charge in [0.15, 0.2) is 0 Å². The highest BCUT2D eigenvalue weighted by Crippen LogP contribution is 2.29. The van der Waals surface area contributed by atoms with Crippen LogP contribution in [0.15, 0.2) is 23.2 Å². The summed E-state index contributed by atoms with van der Waals surface area (Å²) >= 11 is 0. The number of guanidine groups is 1. The van der Waals surface area contributed by atoms with E-state index in [1.165, 1.54) is 11.1 Å². The Morgan fingerprint density at radius 1 is 1.21 bits per heavy atom. The second kappa shape index (κ2) is 6.00. The lowest BCUT2D eigenvalue weighted by atomic mass is 9.97. The third kappa shape index (κ3) is 2.88. The van der Waals surface area contributed by atoms with Gasteiger partial charge in [0.1, 0.15) is 0 Å². The summed E-state index contributed by atoms with van der Waals surface area (Å²) in [5, 5.41) is 9.79. The molecular formula is C17H26N6O. The average molecular weight is 330 g/mol. The van der Waals surface area contributed by atoms with Crippen LogP contribution >= 0.6 is 0 Å². The van der Waals surface area contributed by atoms with E-state index in [0.29, 0.717) is 12.0 Å². The minimum absolute atomic E-state index is 0.149. The summed E-state index contributed by atoms with van der Waals surface area (Å²) in [4.78, 5) is 6.72. The van der Waals surface area contributed by atoms with Crippen LogP contribution in [0.5, 0.6) is 0 Å². The van der Waals surface area contributed by atoms with E-state index in [4.69, 9.17) is 11.5 Å². The SMILES string of the molecule is NC1=NC(N)(c2ccc3c(c2)CCC(N2CC[C@@H](O)C2)CC3)NN1. The monoisotopic (exact) mass is 330 g/mol. The van der Waals surface area contributed by atoms with E-state index in [1.807, 2.05) is 6.07 Å². The van der Waals surface area contributed by atoms with Gasteiger partial charge in [-0.3, -0.25) is 16.1 Å². The number of rotatable bonds is 2. The van der Waals surface area contributed by atoms with Crippen molar-refractivity contribution in [1.82, 2.24) is 15.8 Å². The molecule has 2 unspecified atom stereocenters. The number of hydrogen-bond donors (Lipinski definition) is 5. The van der Waals surface area contributed by atoms with Gasteiger partial charge in [-0.25, -0.2) is 4.99 Å². The van der Waals surface area contributed by atoms with Gasteiger partial charge in [-0.15, -0.1) is 0 Å². The molecule has 2 aliphatic heterocycles. The van der Waals surface area contributed by atoms with Crippen LogP contribution < -0.4 is 22.3 Å². The summed E-state index contributed by atoms with van der Waals surface area (Å²) in [6.45, 7) is 1.84. The Balaban J connectivity index is 1.52. The Labute approximate surface area is 142 Å². The molecule has 0 amide bonds. The zero-order chi connectivity index (χ0) is 16.7. The molecule has 0 saturated carbocycles. The van der Waals surface area contributed by atoms with E-state index < -0.39 is 5.79 Å². The maximum Gasteiger partial charge on any atom is 0.209 e. The fraction of sp³-hybridized carbons (Fsp3) is 0.588. The van der Waals surface area contributed by atoms with E-state index in [-0.39, 0.29) is 6.10 Å². The number of aliphatic hydroxyl groups excluding tert-OH is 1. The maximum absolute atomic E-state index is 9.79. The van der Waals surface area contributed by atoms with Gasteiger partial charge in [0.2, 0.25) is 11.7 Å². The highest BCUT2D eigenvalue weighted by atomic mass is 16.3. The van der Waals surface area contributed by atoms with E-state index in [1.54, 1.807) is 0 Å². The van der Waals surface area contributed by atoms with E-state index in [2.05, 4.69) is 32.9 Å².